The van der Waals surface area contributed by atoms with Gasteiger partial charge in [-0.05, 0) is 30.4 Å². The van der Waals surface area contributed by atoms with Gasteiger partial charge in [0.05, 0.1) is 16.7 Å². The van der Waals surface area contributed by atoms with Gasteiger partial charge in [-0.15, -0.1) is 0 Å². The van der Waals surface area contributed by atoms with Crippen molar-refractivity contribution in [2.75, 3.05) is 0 Å². The van der Waals surface area contributed by atoms with Gasteiger partial charge in [-0.3, -0.25) is 14.9 Å². The lowest BCUT2D eigenvalue weighted by atomic mass is 9.85. The fourth-order valence-electron chi connectivity index (χ4n) is 4.05. The Labute approximate surface area is 151 Å². The van der Waals surface area contributed by atoms with Crippen molar-refractivity contribution in [1.82, 2.24) is 5.01 Å². The van der Waals surface area contributed by atoms with E-state index in [2.05, 4.69) is 12.1 Å². The number of fused-ring (bicyclic) bond motifs is 3. The van der Waals surface area contributed by atoms with Crippen LogP contribution in [0.15, 0.2) is 53.6 Å². The minimum absolute atomic E-state index is 0.0495. The number of nitrogens with zero attached hydrogens (tertiary/aromatic N) is 3. The molecule has 2 atom stereocenters. The van der Waals surface area contributed by atoms with Gasteiger partial charge in [0.1, 0.15) is 0 Å². The third-order valence-electron chi connectivity index (χ3n) is 5.23. The van der Waals surface area contributed by atoms with E-state index in [1.54, 1.807) is 17.1 Å². The number of rotatable bonds is 2. The smallest absolute Gasteiger partial charge is 0.269 e. The zero-order chi connectivity index (χ0) is 18.3. The summed E-state index contributed by atoms with van der Waals surface area (Å²) >= 11 is 0. The standard InChI is InChI=1S/C20H19N3O3/c1-13(24)22-20(15-9-11-16(12-10-15)23(25)26)18-8-4-6-14-5-2-3-7-17(14)19(18)21-22/h2-3,5,7,9-12,18,20H,4,6,8H2,1H3. The molecule has 2 aliphatic rings. The van der Waals surface area contributed by atoms with Crippen LogP contribution in [0.4, 0.5) is 5.69 Å². The highest BCUT2D eigenvalue weighted by Crippen LogP contribution is 2.42. The number of nitro benzene ring substituents is 1. The number of benzene rings is 2. The lowest BCUT2D eigenvalue weighted by molar-refractivity contribution is -0.384. The molecule has 6 nitrogen and oxygen atoms in total. The Bertz CT molecular complexity index is 905. The summed E-state index contributed by atoms with van der Waals surface area (Å²) in [5, 5.41) is 17.2. The van der Waals surface area contributed by atoms with E-state index in [-0.39, 0.29) is 23.6 Å². The third kappa shape index (κ3) is 2.67. The van der Waals surface area contributed by atoms with Crippen molar-refractivity contribution in [2.24, 2.45) is 11.0 Å². The van der Waals surface area contributed by atoms with Crippen LogP contribution in [0, 0.1) is 16.0 Å². The average molecular weight is 349 g/mol. The highest BCUT2D eigenvalue weighted by Gasteiger charge is 2.42. The average Bonchev–Trinajstić information content (AvgIpc) is 2.92. The van der Waals surface area contributed by atoms with Gasteiger partial charge in [0.2, 0.25) is 5.91 Å². The molecule has 0 saturated heterocycles. The van der Waals surface area contributed by atoms with Crippen LogP contribution in [0.2, 0.25) is 0 Å². The van der Waals surface area contributed by atoms with E-state index in [4.69, 9.17) is 5.10 Å². The van der Waals surface area contributed by atoms with E-state index in [0.717, 1.165) is 36.1 Å². The van der Waals surface area contributed by atoms with Crippen molar-refractivity contribution in [2.45, 2.75) is 32.2 Å². The zero-order valence-electron chi connectivity index (χ0n) is 14.5. The molecule has 0 bridgehead atoms. The molecule has 1 amide bonds. The maximum Gasteiger partial charge on any atom is 0.269 e. The monoisotopic (exact) mass is 349 g/mol. The summed E-state index contributed by atoms with van der Waals surface area (Å²) in [6.45, 7) is 1.51. The highest BCUT2D eigenvalue weighted by atomic mass is 16.6. The maximum atomic E-state index is 12.3. The van der Waals surface area contributed by atoms with E-state index in [1.807, 2.05) is 12.1 Å². The van der Waals surface area contributed by atoms with Gasteiger partial charge >= 0.3 is 0 Å². The molecular formula is C20H19N3O3. The molecule has 2 unspecified atom stereocenters. The Hall–Kier alpha value is -3.02. The first-order valence-corrected chi connectivity index (χ1v) is 8.77. The van der Waals surface area contributed by atoms with Crippen molar-refractivity contribution in [3.63, 3.8) is 0 Å². The van der Waals surface area contributed by atoms with Crippen LogP contribution in [0.3, 0.4) is 0 Å². The minimum Gasteiger partial charge on any atom is -0.273 e. The number of amides is 1. The molecule has 1 aliphatic heterocycles. The van der Waals surface area contributed by atoms with Gasteiger partial charge in [-0.1, -0.05) is 36.4 Å². The molecule has 0 fully saturated rings. The molecule has 26 heavy (non-hydrogen) atoms. The highest BCUT2D eigenvalue weighted by molar-refractivity contribution is 6.06. The Balaban J connectivity index is 1.78. The molecule has 2 aromatic carbocycles. The normalized spacial score (nSPS) is 21.4. The summed E-state index contributed by atoms with van der Waals surface area (Å²) in [6, 6.07) is 14.5. The van der Waals surface area contributed by atoms with Gasteiger partial charge in [0.25, 0.3) is 5.69 Å². The second kappa shape index (κ2) is 6.37. The third-order valence-corrected chi connectivity index (χ3v) is 5.23. The molecule has 0 saturated carbocycles. The lowest BCUT2D eigenvalue weighted by Gasteiger charge is -2.26. The quantitative estimate of drug-likeness (QED) is 0.610. The Kier molecular flexibility index (Phi) is 4.03. The van der Waals surface area contributed by atoms with E-state index in [9.17, 15) is 14.9 Å². The number of hydrogen-bond donors (Lipinski definition) is 0. The van der Waals surface area contributed by atoms with Gasteiger partial charge in [0.15, 0.2) is 0 Å². The van der Waals surface area contributed by atoms with Crippen LogP contribution in [-0.2, 0) is 11.2 Å². The Morgan fingerprint density at radius 3 is 2.62 bits per heavy atom. The number of hydrogen-bond acceptors (Lipinski definition) is 4. The van der Waals surface area contributed by atoms with Crippen LogP contribution in [0.5, 0.6) is 0 Å². The Morgan fingerprint density at radius 2 is 1.92 bits per heavy atom. The van der Waals surface area contributed by atoms with Crippen molar-refractivity contribution < 1.29 is 9.72 Å². The summed E-state index contributed by atoms with van der Waals surface area (Å²) in [5.74, 6) is -0.0181. The SMILES string of the molecule is CC(=O)N1N=C2c3ccccc3CCCC2C1c1ccc([N+](=O)[O-])cc1. The largest absolute Gasteiger partial charge is 0.273 e. The molecule has 0 N–H and O–H groups in total. The fraction of sp³-hybridized carbons (Fsp3) is 0.300. The molecule has 132 valence electrons. The number of aryl methyl sites for hydroxylation is 1. The first-order chi connectivity index (χ1) is 12.6. The second-order valence-corrected chi connectivity index (χ2v) is 6.80. The van der Waals surface area contributed by atoms with Gasteiger partial charge in [-0.25, -0.2) is 5.01 Å². The predicted octanol–water partition coefficient (Wildman–Crippen LogP) is 3.85. The van der Waals surface area contributed by atoms with Crippen molar-refractivity contribution >= 4 is 17.3 Å². The molecule has 0 aromatic heterocycles. The summed E-state index contributed by atoms with van der Waals surface area (Å²) in [5.41, 5.74) is 4.27. The minimum atomic E-state index is -0.412. The summed E-state index contributed by atoms with van der Waals surface area (Å²) in [6.07, 6.45) is 2.95. The zero-order valence-corrected chi connectivity index (χ0v) is 14.5. The number of carbonyl (C=O) groups is 1. The molecule has 0 radical (unpaired) electrons. The summed E-state index contributed by atoms with van der Waals surface area (Å²) in [4.78, 5) is 22.8. The number of hydrazone groups is 1. The van der Waals surface area contributed by atoms with Crippen LogP contribution in [0.25, 0.3) is 0 Å². The molecule has 1 aliphatic carbocycles. The Morgan fingerprint density at radius 1 is 1.19 bits per heavy atom. The molecule has 6 heteroatoms. The van der Waals surface area contributed by atoms with Crippen LogP contribution in [-0.4, -0.2) is 21.6 Å². The van der Waals surface area contributed by atoms with Gasteiger partial charge < -0.3 is 0 Å². The van der Waals surface area contributed by atoms with Crippen molar-refractivity contribution in [3.8, 4) is 0 Å². The molecule has 2 aromatic rings. The van der Waals surface area contributed by atoms with Gasteiger partial charge in [0, 0.05) is 30.5 Å². The first-order valence-electron chi connectivity index (χ1n) is 8.77. The van der Waals surface area contributed by atoms with Crippen LogP contribution >= 0.6 is 0 Å². The van der Waals surface area contributed by atoms with E-state index in [1.165, 1.54) is 24.6 Å². The van der Waals surface area contributed by atoms with E-state index in [0.29, 0.717) is 0 Å². The topological polar surface area (TPSA) is 75.8 Å². The maximum absolute atomic E-state index is 12.3. The second-order valence-electron chi connectivity index (χ2n) is 6.80. The van der Waals surface area contributed by atoms with Gasteiger partial charge in [-0.2, -0.15) is 5.10 Å². The van der Waals surface area contributed by atoms with Crippen LogP contribution < -0.4 is 0 Å². The molecule has 1 heterocycles. The summed E-state index contributed by atoms with van der Waals surface area (Å²) in [7, 11) is 0. The summed E-state index contributed by atoms with van der Waals surface area (Å²) < 4.78 is 0. The number of carbonyl (C=O) groups excluding carboxylic acids is 1. The first kappa shape index (κ1) is 16.4. The lowest BCUT2D eigenvalue weighted by Crippen LogP contribution is -2.29. The fourth-order valence-corrected chi connectivity index (χ4v) is 4.05. The number of nitro groups is 1. The number of non-ortho nitro benzene ring substituents is 1. The van der Waals surface area contributed by atoms with E-state index < -0.39 is 4.92 Å². The van der Waals surface area contributed by atoms with Crippen molar-refractivity contribution in [3.05, 3.63) is 75.3 Å². The van der Waals surface area contributed by atoms with E-state index >= 15 is 0 Å². The molecular weight excluding hydrogens is 330 g/mol. The molecule has 0 spiro atoms. The van der Waals surface area contributed by atoms with Crippen LogP contribution in [0.1, 0.15) is 42.5 Å². The predicted molar refractivity (Wildman–Crippen MR) is 97.8 cm³/mol. The molecule has 4 rings (SSSR count). The van der Waals surface area contributed by atoms with Crippen molar-refractivity contribution in [1.29, 1.82) is 0 Å².